The van der Waals surface area contributed by atoms with Gasteiger partial charge in [0.1, 0.15) is 24.1 Å². The highest BCUT2D eigenvalue weighted by Gasteiger charge is 2.65. The number of allylic oxidation sites excluding steroid dienone is 1. The number of benzene rings is 2. The molecule has 1 saturated carbocycles. The molecule has 1 fully saturated rings. The van der Waals surface area contributed by atoms with Gasteiger partial charge in [0.05, 0.1) is 32.0 Å². The van der Waals surface area contributed by atoms with Crippen LogP contribution in [-0.2, 0) is 14.3 Å². The van der Waals surface area contributed by atoms with Gasteiger partial charge in [0, 0.05) is 48.8 Å². The summed E-state index contributed by atoms with van der Waals surface area (Å²) in [5.74, 6) is 0.751. The van der Waals surface area contributed by atoms with Crippen molar-refractivity contribution in [1.29, 1.82) is 0 Å². The summed E-state index contributed by atoms with van der Waals surface area (Å²) in [7, 11) is 3.08. The number of aliphatic hydroxyl groups excluding tert-OH is 2. The van der Waals surface area contributed by atoms with Gasteiger partial charge < -0.3 is 38.9 Å². The predicted octanol–water partition coefficient (Wildman–Crippen LogP) is 7.21. The molecule has 0 bridgehead atoms. The monoisotopic (exact) mass is 722 g/mol. The van der Waals surface area contributed by atoms with E-state index < -0.39 is 17.9 Å². The van der Waals surface area contributed by atoms with Gasteiger partial charge in [-0.15, -0.1) is 18.3 Å². The summed E-state index contributed by atoms with van der Waals surface area (Å²) in [5, 5.41) is 24.2. The number of ether oxygens (including phenoxy) is 4. The Bertz CT molecular complexity index is 1500. The van der Waals surface area contributed by atoms with Crippen LogP contribution in [0, 0.1) is 17.8 Å². The van der Waals surface area contributed by atoms with Crippen LogP contribution in [0.3, 0.4) is 0 Å². The van der Waals surface area contributed by atoms with Crippen molar-refractivity contribution >= 4 is 23.6 Å². The van der Waals surface area contributed by atoms with Crippen LogP contribution in [0.2, 0.25) is 0 Å². The highest BCUT2D eigenvalue weighted by atomic mass is 32.2. The number of rotatable bonds is 19. The Morgan fingerprint density at radius 3 is 2.59 bits per heavy atom. The van der Waals surface area contributed by atoms with Crippen molar-refractivity contribution in [2.24, 2.45) is 22.9 Å². The number of nitrogens with zero attached hydrogens (tertiary/aromatic N) is 2. The minimum Gasteiger partial charge on any atom is -0.493 e. The van der Waals surface area contributed by atoms with Crippen molar-refractivity contribution in [3.05, 3.63) is 78.4 Å². The molecule has 0 spiro atoms. The second-order valence-electron chi connectivity index (χ2n) is 13.3. The van der Waals surface area contributed by atoms with Gasteiger partial charge in [-0.3, -0.25) is 0 Å². The molecule has 5 rings (SSSR count). The number of carbonyl (C=O) groups excluding carboxylic acids is 1. The zero-order chi connectivity index (χ0) is 36.2. The maximum Gasteiger partial charge on any atom is 0.409 e. The summed E-state index contributed by atoms with van der Waals surface area (Å²) in [6.45, 7) is 7.24. The lowest BCUT2D eigenvalue weighted by atomic mass is 9.55. The van der Waals surface area contributed by atoms with Crippen molar-refractivity contribution in [3.8, 4) is 11.5 Å². The third-order valence-corrected chi connectivity index (χ3v) is 11.2. The minimum atomic E-state index is -1.30. The maximum atomic E-state index is 13.2. The van der Waals surface area contributed by atoms with E-state index in [4.69, 9.17) is 23.8 Å². The van der Waals surface area contributed by atoms with E-state index in [0.29, 0.717) is 38.2 Å². The maximum absolute atomic E-state index is 13.2. The molecule has 6 unspecified atom stereocenters. The summed E-state index contributed by atoms with van der Waals surface area (Å²) in [6, 6.07) is 15.7. The van der Waals surface area contributed by atoms with Crippen LogP contribution in [-0.4, -0.2) is 91.7 Å². The third-order valence-electron chi connectivity index (χ3n) is 10.2. The number of methoxy groups -OCH3 is 1. The van der Waals surface area contributed by atoms with E-state index in [9.17, 15) is 15.0 Å². The predicted molar refractivity (Wildman–Crippen MR) is 199 cm³/mol. The standard InChI is InChI=1S/C40H54N2O8S/c1-5-22-48-40-36(42(3)39(45)46-4)27-34(41-49-6-2)32-25-28(14-10-12-20-43)31(17-11-13-21-44)37(38(32)40)33-26-29(18-19-35(33)50-40)47-23-24-51-30-15-8-7-9-16-30/h5,7-9,15-16,18-19,25-26,28,31,36-38,43-44H,1,6,10-14,17,20-24,27H2,2-4H3. The Hall–Kier alpha value is -3.51. The number of fused-ring (bicyclic) bond motifs is 2. The fourth-order valence-electron chi connectivity index (χ4n) is 8.07. The normalized spacial score (nSPS) is 25.5. The molecule has 2 aromatic rings. The molecule has 2 aliphatic carbocycles. The van der Waals surface area contributed by atoms with Crippen molar-refractivity contribution in [2.75, 3.05) is 52.9 Å². The Kier molecular flexibility index (Phi) is 14.3. The van der Waals surface area contributed by atoms with E-state index >= 15 is 0 Å². The fourth-order valence-corrected chi connectivity index (χ4v) is 8.82. The molecule has 3 aliphatic rings. The van der Waals surface area contributed by atoms with Gasteiger partial charge in [-0.1, -0.05) is 48.3 Å². The van der Waals surface area contributed by atoms with Crippen molar-refractivity contribution < 1.29 is 38.8 Å². The van der Waals surface area contributed by atoms with Gasteiger partial charge in [0.25, 0.3) is 0 Å². The highest BCUT2D eigenvalue weighted by Crippen LogP contribution is 2.61. The quantitative estimate of drug-likeness (QED) is 0.0671. The number of amides is 1. The molecule has 10 nitrogen and oxygen atoms in total. The first-order valence-electron chi connectivity index (χ1n) is 18.2. The average molecular weight is 723 g/mol. The van der Waals surface area contributed by atoms with E-state index in [0.717, 1.165) is 54.0 Å². The SMILES string of the molecule is C=CCOC12Oc3ccc(OCCSc4ccccc4)cc3C3C(CCCCO)C(CCCCO)C=C(C(=NOCC)CC1N(C)C(=O)OC)C32. The number of likely N-dealkylation sites (N-methyl/N-ethyl adjacent to an activating group) is 1. The Morgan fingerprint density at radius 2 is 1.88 bits per heavy atom. The zero-order valence-corrected chi connectivity index (χ0v) is 31.0. The van der Waals surface area contributed by atoms with Crippen molar-refractivity contribution in [1.82, 2.24) is 4.90 Å². The second kappa shape index (κ2) is 18.8. The van der Waals surface area contributed by atoms with Crippen LogP contribution in [0.4, 0.5) is 4.79 Å². The summed E-state index contributed by atoms with van der Waals surface area (Å²) in [5.41, 5.74) is 2.77. The van der Waals surface area contributed by atoms with E-state index in [1.165, 1.54) is 12.0 Å². The molecule has 1 aliphatic heterocycles. The lowest BCUT2D eigenvalue weighted by molar-refractivity contribution is -0.253. The molecule has 2 N–H and O–H groups in total. The molecule has 11 heteroatoms. The third kappa shape index (κ3) is 8.76. The first kappa shape index (κ1) is 38.7. The number of oxime groups is 1. The summed E-state index contributed by atoms with van der Waals surface area (Å²) < 4.78 is 25.5. The number of hydrogen-bond acceptors (Lipinski definition) is 10. The molecular weight excluding hydrogens is 669 g/mol. The molecule has 0 aromatic heterocycles. The minimum absolute atomic E-state index is 0.112. The lowest BCUT2D eigenvalue weighted by Gasteiger charge is -2.59. The number of unbranched alkanes of at least 4 members (excludes halogenated alkanes) is 2. The van der Waals surface area contributed by atoms with Gasteiger partial charge in [-0.25, -0.2) is 4.79 Å². The van der Waals surface area contributed by atoms with E-state index in [2.05, 4.69) is 36.0 Å². The number of hydrogen-bond donors (Lipinski definition) is 2. The Balaban J connectivity index is 1.64. The molecular formula is C40H54N2O8S. The van der Waals surface area contributed by atoms with Crippen LogP contribution in [0.25, 0.3) is 0 Å². The first-order chi connectivity index (χ1) is 24.9. The van der Waals surface area contributed by atoms with Crippen LogP contribution in [0.15, 0.2) is 82.9 Å². The van der Waals surface area contributed by atoms with Crippen LogP contribution in [0.5, 0.6) is 11.5 Å². The molecule has 1 heterocycles. The van der Waals surface area contributed by atoms with Crippen LogP contribution < -0.4 is 9.47 Å². The summed E-state index contributed by atoms with van der Waals surface area (Å²) in [4.78, 5) is 21.7. The van der Waals surface area contributed by atoms with E-state index in [-0.39, 0.29) is 43.5 Å². The van der Waals surface area contributed by atoms with Crippen LogP contribution in [0.1, 0.15) is 63.4 Å². The van der Waals surface area contributed by atoms with Crippen LogP contribution >= 0.6 is 11.8 Å². The van der Waals surface area contributed by atoms with Crippen molar-refractivity contribution in [2.45, 2.75) is 74.5 Å². The number of carbonyl (C=O) groups is 1. The average Bonchev–Trinajstić information content (AvgIpc) is 3.16. The highest BCUT2D eigenvalue weighted by molar-refractivity contribution is 7.99. The smallest absolute Gasteiger partial charge is 0.409 e. The lowest BCUT2D eigenvalue weighted by Crippen LogP contribution is -2.69. The van der Waals surface area contributed by atoms with Gasteiger partial charge >= 0.3 is 6.09 Å². The molecule has 2 aromatic carbocycles. The molecule has 1 amide bonds. The molecule has 51 heavy (non-hydrogen) atoms. The van der Waals surface area contributed by atoms with Gasteiger partial charge in [0.15, 0.2) is 0 Å². The second-order valence-corrected chi connectivity index (χ2v) is 14.4. The largest absolute Gasteiger partial charge is 0.493 e. The van der Waals surface area contributed by atoms with Gasteiger partial charge in [-0.2, -0.15) is 0 Å². The van der Waals surface area contributed by atoms with Gasteiger partial charge in [0.2, 0.25) is 5.79 Å². The number of thioether (sulfide) groups is 1. The fraction of sp³-hybridized carbons (Fsp3) is 0.550. The summed E-state index contributed by atoms with van der Waals surface area (Å²) >= 11 is 1.75. The topological polar surface area (TPSA) is 119 Å². The molecule has 6 atom stereocenters. The van der Waals surface area contributed by atoms with E-state index in [1.54, 1.807) is 29.8 Å². The number of aliphatic hydroxyl groups is 2. The van der Waals surface area contributed by atoms with Crippen molar-refractivity contribution in [3.63, 3.8) is 0 Å². The Morgan fingerprint density at radius 1 is 1.12 bits per heavy atom. The molecule has 0 saturated heterocycles. The van der Waals surface area contributed by atoms with E-state index in [1.807, 2.05) is 37.3 Å². The molecule has 0 radical (unpaired) electrons. The van der Waals surface area contributed by atoms with Gasteiger partial charge in [-0.05, 0) is 80.3 Å². The zero-order valence-electron chi connectivity index (χ0n) is 30.2. The Labute approximate surface area is 306 Å². The molecule has 278 valence electrons. The first-order valence-corrected chi connectivity index (χ1v) is 19.2. The summed E-state index contributed by atoms with van der Waals surface area (Å²) in [6.07, 6.45) is 8.72.